The monoisotopic (exact) mass is 219 g/mol. The molecule has 0 saturated carbocycles. The summed E-state index contributed by atoms with van der Waals surface area (Å²) in [5.41, 5.74) is 0.886. The number of aromatic hydroxyl groups is 1. The largest absolute Gasteiger partial charge is 0.508 e. The predicted molar refractivity (Wildman–Crippen MR) is 55.5 cm³/mol. The van der Waals surface area contributed by atoms with Crippen molar-refractivity contribution in [2.24, 2.45) is 0 Å². The third-order valence-corrected chi connectivity index (χ3v) is 2.17. The Kier molecular flexibility index (Phi) is 2.61. The first-order chi connectivity index (χ1) is 7.72. The maximum Gasteiger partial charge on any atom is 0.389 e. The number of hydrogen-bond acceptors (Lipinski definition) is 4. The van der Waals surface area contributed by atoms with E-state index in [9.17, 15) is 4.79 Å². The zero-order chi connectivity index (χ0) is 11.5. The van der Waals surface area contributed by atoms with Crippen molar-refractivity contribution < 1.29 is 20.0 Å². The topological polar surface area (TPSA) is 71.7 Å². The summed E-state index contributed by atoms with van der Waals surface area (Å²) >= 11 is 0. The highest BCUT2D eigenvalue weighted by Gasteiger charge is 2.12. The van der Waals surface area contributed by atoms with Crippen LogP contribution in [0.4, 0.5) is 0 Å². The molecule has 5 nitrogen and oxygen atoms in total. The Morgan fingerprint density at radius 2 is 1.88 bits per heavy atom. The molecule has 0 bridgehead atoms. The number of phenolic OH excluding ortho intramolecular Hbond substituents is 1. The van der Waals surface area contributed by atoms with Gasteiger partial charge in [-0.3, -0.25) is 4.89 Å². The van der Waals surface area contributed by atoms with Crippen molar-refractivity contribution >= 4 is 5.97 Å². The molecule has 0 aliphatic rings. The molecular weight excluding hydrogens is 210 g/mol. The summed E-state index contributed by atoms with van der Waals surface area (Å²) in [7, 11) is 0. The second-order valence-electron chi connectivity index (χ2n) is 3.16. The van der Waals surface area contributed by atoms with Gasteiger partial charge in [-0.25, -0.2) is 4.79 Å². The molecule has 16 heavy (non-hydrogen) atoms. The van der Waals surface area contributed by atoms with Crippen LogP contribution >= 0.6 is 0 Å². The van der Waals surface area contributed by atoms with Gasteiger partial charge in [0.15, 0.2) is 0 Å². The molecule has 0 saturated heterocycles. The van der Waals surface area contributed by atoms with Crippen molar-refractivity contribution in [3.8, 4) is 11.4 Å². The number of nitrogens with zero attached hydrogens (tertiary/aromatic N) is 1. The van der Waals surface area contributed by atoms with Gasteiger partial charge in [0.05, 0.1) is 0 Å². The van der Waals surface area contributed by atoms with Crippen LogP contribution in [0.2, 0.25) is 0 Å². The van der Waals surface area contributed by atoms with Gasteiger partial charge in [0.2, 0.25) is 0 Å². The van der Waals surface area contributed by atoms with E-state index in [1.807, 2.05) is 0 Å². The molecule has 1 aromatic heterocycles. The summed E-state index contributed by atoms with van der Waals surface area (Å²) in [5.74, 6) is -0.694. The summed E-state index contributed by atoms with van der Waals surface area (Å²) < 4.78 is 1.54. The van der Waals surface area contributed by atoms with Crippen molar-refractivity contribution in [1.82, 2.24) is 4.57 Å². The molecule has 0 amide bonds. The van der Waals surface area contributed by atoms with Gasteiger partial charge in [0, 0.05) is 11.9 Å². The highest BCUT2D eigenvalue weighted by molar-refractivity contribution is 5.88. The molecule has 2 aromatic rings. The zero-order valence-corrected chi connectivity index (χ0v) is 8.20. The maximum atomic E-state index is 11.2. The van der Waals surface area contributed by atoms with Crippen molar-refractivity contribution in [1.29, 1.82) is 0 Å². The highest BCUT2D eigenvalue weighted by Crippen LogP contribution is 2.16. The normalized spacial score (nSPS) is 10.1. The lowest BCUT2D eigenvalue weighted by molar-refractivity contribution is -0.183. The Bertz CT molecular complexity index is 501. The number of hydrogen-bond donors (Lipinski definition) is 2. The quantitative estimate of drug-likeness (QED) is 0.596. The molecule has 1 heterocycles. The molecule has 5 heteroatoms. The minimum Gasteiger partial charge on any atom is -0.508 e. The van der Waals surface area contributed by atoms with Crippen LogP contribution in [0.25, 0.3) is 5.69 Å². The summed E-state index contributed by atoms with van der Waals surface area (Å²) in [5, 5.41) is 17.5. The van der Waals surface area contributed by atoms with E-state index in [2.05, 4.69) is 4.89 Å². The van der Waals surface area contributed by atoms with Crippen molar-refractivity contribution in [2.75, 3.05) is 0 Å². The molecule has 0 aliphatic heterocycles. The number of phenols is 1. The van der Waals surface area contributed by atoms with Crippen LogP contribution in [0.5, 0.6) is 5.75 Å². The molecule has 0 radical (unpaired) electrons. The first-order valence-corrected chi connectivity index (χ1v) is 4.55. The smallest absolute Gasteiger partial charge is 0.389 e. The molecule has 0 atom stereocenters. The van der Waals surface area contributed by atoms with Crippen LogP contribution in [-0.2, 0) is 4.89 Å². The van der Waals surface area contributed by atoms with E-state index in [1.165, 1.54) is 22.8 Å². The lowest BCUT2D eigenvalue weighted by Gasteiger charge is -2.06. The van der Waals surface area contributed by atoms with Crippen molar-refractivity contribution in [3.63, 3.8) is 0 Å². The fraction of sp³-hybridized carbons (Fsp3) is 0. The molecule has 0 aliphatic carbocycles. The summed E-state index contributed by atoms with van der Waals surface area (Å²) in [6.07, 6.45) is 1.65. The second kappa shape index (κ2) is 4.08. The minimum atomic E-state index is -0.835. The Morgan fingerprint density at radius 3 is 2.50 bits per heavy atom. The van der Waals surface area contributed by atoms with E-state index in [4.69, 9.17) is 10.4 Å². The average molecular weight is 219 g/mol. The van der Waals surface area contributed by atoms with Gasteiger partial charge in [0.1, 0.15) is 11.4 Å². The first kappa shape index (κ1) is 10.3. The number of rotatable bonds is 2. The van der Waals surface area contributed by atoms with Crippen LogP contribution in [0.1, 0.15) is 10.5 Å². The van der Waals surface area contributed by atoms with Gasteiger partial charge >= 0.3 is 5.97 Å². The Balaban J connectivity index is 2.44. The van der Waals surface area contributed by atoms with Gasteiger partial charge in [-0.15, -0.1) is 0 Å². The van der Waals surface area contributed by atoms with E-state index in [-0.39, 0.29) is 11.4 Å². The van der Waals surface area contributed by atoms with Crippen molar-refractivity contribution in [3.05, 3.63) is 48.3 Å². The number of carbonyl (C=O) groups is 1. The van der Waals surface area contributed by atoms with E-state index in [0.717, 1.165) is 0 Å². The van der Waals surface area contributed by atoms with Crippen LogP contribution < -0.4 is 0 Å². The van der Waals surface area contributed by atoms with Crippen LogP contribution in [0, 0.1) is 0 Å². The molecular formula is C11H9NO4. The van der Waals surface area contributed by atoms with E-state index in [1.54, 1.807) is 24.4 Å². The van der Waals surface area contributed by atoms with Crippen molar-refractivity contribution in [2.45, 2.75) is 0 Å². The fourth-order valence-corrected chi connectivity index (χ4v) is 1.43. The van der Waals surface area contributed by atoms with Crippen LogP contribution in [0.3, 0.4) is 0 Å². The molecule has 0 unspecified atom stereocenters. The van der Waals surface area contributed by atoms with Gasteiger partial charge in [-0.2, -0.15) is 5.26 Å². The Labute approximate surface area is 91.1 Å². The van der Waals surface area contributed by atoms with Gasteiger partial charge in [-0.1, -0.05) is 0 Å². The lowest BCUT2D eigenvalue weighted by Crippen LogP contribution is -2.08. The third-order valence-electron chi connectivity index (χ3n) is 2.17. The van der Waals surface area contributed by atoms with Crippen LogP contribution in [-0.4, -0.2) is 20.9 Å². The number of carbonyl (C=O) groups excluding carboxylic acids is 1. The molecule has 2 rings (SSSR count). The summed E-state index contributed by atoms with van der Waals surface area (Å²) in [6.45, 7) is 0. The first-order valence-electron chi connectivity index (χ1n) is 4.55. The Morgan fingerprint density at radius 1 is 1.19 bits per heavy atom. The van der Waals surface area contributed by atoms with E-state index in [0.29, 0.717) is 5.69 Å². The Hall–Kier alpha value is -2.27. The number of benzene rings is 1. The summed E-state index contributed by atoms with van der Waals surface area (Å²) in [6, 6.07) is 9.46. The van der Waals surface area contributed by atoms with Crippen LogP contribution in [0.15, 0.2) is 42.6 Å². The predicted octanol–water partition coefficient (Wildman–Crippen LogP) is 1.81. The molecule has 0 spiro atoms. The van der Waals surface area contributed by atoms with Gasteiger partial charge in [0.25, 0.3) is 0 Å². The fourth-order valence-electron chi connectivity index (χ4n) is 1.43. The second-order valence-corrected chi connectivity index (χ2v) is 3.16. The zero-order valence-electron chi connectivity index (χ0n) is 8.20. The minimum absolute atomic E-state index is 0.141. The maximum absolute atomic E-state index is 11.2. The van der Waals surface area contributed by atoms with Gasteiger partial charge in [-0.05, 0) is 36.4 Å². The molecule has 82 valence electrons. The molecule has 2 N–H and O–H groups in total. The average Bonchev–Trinajstić information content (AvgIpc) is 2.78. The molecule has 1 aromatic carbocycles. The lowest BCUT2D eigenvalue weighted by atomic mass is 10.3. The standard InChI is InChI=1S/C11H9NO4/c13-9-5-3-8(4-6-9)12-7-1-2-10(12)11(14)16-15/h1-7,13,15H. The highest BCUT2D eigenvalue weighted by atomic mass is 17.1. The molecule has 0 fully saturated rings. The number of aromatic nitrogens is 1. The SMILES string of the molecule is O=C(OO)c1cccn1-c1ccc(O)cc1. The summed E-state index contributed by atoms with van der Waals surface area (Å²) in [4.78, 5) is 14.9. The van der Waals surface area contributed by atoms with Gasteiger partial charge < -0.3 is 9.67 Å². The van der Waals surface area contributed by atoms with E-state index >= 15 is 0 Å². The third kappa shape index (κ3) is 1.76. The van der Waals surface area contributed by atoms with E-state index < -0.39 is 5.97 Å².